The van der Waals surface area contributed by atoms with Crippen LogP contribution in [0.2, 0.25) is 0 Å². The van der Waals surface area contributed by atoms with Crippen molar-refractivity contribution < 1.29 is 9.47 Å². The third-order valence-electron chi connectivity index (χ3n) is 7.44. The van der Waals surface area contributed by atoms with Crippen LogP contribution in [0.3, 0.4) is 0 Å². The summed E-state index contributed by atoms with van der Waals surface area (Å²) in [6.45, 7) is 2.12. The first-order valence-electron chi connectivity index (χ1n) is 14.7. The highest BCUT2D eigenvalue weighted by molar-refractivity contribution is 7.70. The van der Waals surface area contributed by atoms with Crippen molar-refractivity contribution in [1.29, 1.82) is 0 Å². The molecule has 0 aliphatic carbocycles. The van der Waals surface area contributed by atoms with E-state index in [0.29, 0.717) is 19.3 Å². The van der Waals surface area contributed by atoms with Crippen molar-refractivity contribution in [3.63, 3.8) is 0 Å². The van der Waals surface area contributed by atoms with Gasteiger partial charge in [-0.25, -0.2) is 0 Å². The molecular formula is C38H36NO2P. The third-order valence-corrected chi connectivity index (χ3v) is 10.0. The Morgan fingerprint density at radius 2 is 1.10 bits per heavy atom. The number of ether oxygens (including phenoxy) is 2. The van der Waals surface area contributed by atoms with Gasteiger partial charge in [0.2, 0.25) is 0 Å². The van der Waals surface area contributed by atoms with Gasteiger partial charge in [0, 0.05) is 26.7 Å². The zero-order valence-electron chi connectivity index (χ0n) is 23.8. The first kappa shape index (κ1) is 28.0. The minimum atomic E-state index is -0.615. The molecule has 0 aromatic heterocycles. The Balaban J connectivity index is 1.25. The maximum absolute atomic E-state index is 6.25. The Kier molecular flexibility index (Phi) is 9.42. The summed E-state index contributed by atoms with van der Waals surface area (Å²) in [6.07, 6.45) is 6.97. The standard InChI is InChI=1S/C38H36NO2P/c1-5-14-31(15-6-1)29-40-35-26-33(27-36(28-35)41-30-32-16-7-2-8-17-32)23-24-34-18-13-25-39(34)42(37-19-9-3-10-20-37)38-21-11-4-12-22-38/h1-12,14-17,19-24,26-28,34H,13,18,25,29-30H2/b24-23+/t34-/m0/s1. The Hall–Kier alpha value is -4.17. The molecule has 1 aliphatic rings. The van der Waals surface area contributed by atoms with E-state index in [0.717, 1.165) is 41.2 Å². The highest BCUT2D eigenvalue weighted by atomic mass is 31.1. The molecule has 1 saturated heterocycles. The number of rotatable bonds is 11. The normalized spacial score (nSPS) is 15.3. The van der Waals surface area contributed by atoms with Crippen molar-refractivity contribution in [1.82, 2.24) is 4.67 Å². The van der Waals surface area contributed by atoms with E-state index in [1.807, 2.05) is 42.5 Å². The van der Waals surface area contributed by atoms with Crippen LogP contribution in [0, 0.1) is 0 Å². The summed E-state index contributed by atoms with van der Waals surface area (Å²) < 4.78 is 15.2. The fourth-order valence-corrected chi connectivity index (χ4v) is 8.00. The maximum Gasteiger partial charge on any atom is 0.124 e. The van der Waals surface area contributed by atoms with E-state index in [2.05, 4.69) is 114 Å². The molecule has 0 spiro atoms. The summed E-state index contributed by atoms with van der Waals surface area (Å²) in [7, 11) is -0.615. The first-order valence-corrected chi connectivity index (χ1v) is 15.9. The summed E-state index contributed by atoms with van der Waals surface area (Å²) in [5.41, 5.74) is 3.36. The number of nitrogens with zero attached hydrogens (tertiary/aromatic N) is 1. The van der Waals surface area contributed by atoms with Gasteiger partial charge in [0.05, 0.1) is 0 Å². The van der Waals surface area contributed by atoms with Crippen molar-refractivity contribution in [3.8, 4) is 11.5 Å². The minimum absolute atomic E-state index is 0.360. The van der Waals surface area contributed by atoms with Gasteiger partial charge in [-0.1, -0.05) is 133 Å². The minimum Gasteiger partial charge on any atom is -0.489 e. The van der Waals surface area contributed by atoms with Crippen LogP contribution in [0.1, 0.15) is 29.5 Å². The summed E-state index contributed by atoms with van der Waals surface area (Å²) in [4.78, 5) is 0. The van der Waals surface area contributed by atoms with E-state index >= 15 is 0 Å². The summed E-state index contributed by atoms with van der Waals surface area (Å²) in [5, 5.41) is 2.79. The Bertz CT molecular complexity index is 1460. The largest absolute Gasteiger partial charge is 0.489 e. The van der Waals surface area contributed by atoms with Gasteiger partial charge < -0.3 is 9.47 Å². The first-order chi connectivity index (χ1) is 20.8. The van der Waals surface area contributed by atoms with Crippen molar-refractivity contribution in [2.24, 2.45) is 0 Å². The molecule has 4 heteroatoms. The smallest absolute Gasteiger partial charge is 0.124 e. The summed E-state index contributed by atoms with van der Waals surface area (Å²) in [5.74, 6) is 1.62. The molecule has 3 nitrogen and oxygen atoms in total. The van der Waals surface area contributed by atoms with E-state index in [9.17, 15) is 0 Å². The van der Waals surface area contributed by atoms with E-state index in [1.54, 1.807) is 0 Å². The molecule has 1 heterocycles. The van der Waals surface area contributed by atoms with Gasteiger partial charge in [-0.2, -0.15) is 0 Å². The lowest BCUT2D eigenvalue weighted by atomic mass is 10.1. The highest BCUT2D eigenvalue weighted by Crippen LogP contribution is 2.44. The average molecular weight is 570 g/mol. The average Bonchev–Trinajstić information content (AvgIpc) is 3.52. The lowest BCUT2D eigenvalue weighted by Gasteiger charge is -2.32. The van der Waals surface area contributed by atoms with Gasteiger partial charge in [0.15, 0.2) is 0 Å². The van der Waals surface area contributed by atoms with Crippen molar-refractivity contribution >= 4 is 24.8 Å². The molecule has 6 rings (SSSR count). The molecule has 5 aromatic carbocycles. The fraction of sp³-hybridized carbons (Fsp3) is 0.158. The van der Waals surface area contributed by atoms with Crippen LogP contribution >= 0.6 is 8.07 Å². The molecule has 0 saturated carbocycles. The second-order valence-electron chi connectivity index (χ2n) is 10.5. The molecular weight excluding hydrogens is 533 g/mol. The Morgan fingerprint density at radius 1 is 0.619 bits per heavy atom. The topological polar surface area (TPSA) is 21.7 Å². The lowest BCUT2D eigenvalue weighted by molar-refractivity contribution is 0.290. The van der Waals surface area contributed by atoms with Crippen molar-refractivity contribution in [2.45, 2.75) is 32.1 Å². The van der Waals surface area contributed by atoms with Crippen LogP contribution in [0.4, 0.5) is 0 Å². The van der Waals surface area contributed by atoms with E-state index in [1.165, 1.54) is 17.0 Å². The molecule has 1 atom stereocenters. The van der Waals surface area contributed by atoms with Gasteiger partial charge in [0.25, 0.3) is 0 Å². The van der Waals surface area contributed by atoms with E-state index in [-0.39, 0.29) is 0 Å². The second-order valence-corrected chi connectivity index (χ2v) is 12.7. The molecule has 1 fully saturated rings. The molecule has 0 amide bonds. The Morgan fingerprint density at radius 3 is 1.60 bits per heavy atom. The number of hydrogen-bond acceptors (Lipinski definition) is 3. The molecule has 42 heavy (non-hydrogen) atoms. The number of benzene rings is 5. The molecule has 1 aliphatic heterocycles. The van der Waals surface area contributed by atoms with Crippen LogP contribution in [-0.4, -0.2) is 17.3 Å². The van der Waals surface area contributed by atoms with Crippen LogP contribution in [0.15, 0.2) is 146 Å². The van der Waals surface area contributed by atoms with Crippen molar-refractivity contribution in [2.75, 3.05) is 6.54 Å². The van der Waals surface area contributed by atoms with Gasteiger partial charge in [-0.15, -0.1) is 0 Å². The van der Waals surface area contributed by atoms with Gasteiger partial charge in [0.1, 0.15) is 24.7 Å². The van der Waals surface area contributed by atoms with E-state index < -0.39 is 8.07 Å². The Labute approximate surface area is 250 Å². The quantitative estimate of drug-likeness (QED) is 0.149. The second kappa shape index (κ2) is 14.1. The van der Waals surface area contributed by atoms with Crippen LogP contribution in [-0.2, 0) is 13.2 Å². The molecule has 5 aromatic rings. The van der Waals surface area contributed by atoms with Crippen molar-refractivity contribution in [3.05, 3.63) is 162 Å². The monoisotopic (exact) mass is 569 g/mol. The molecule has 0 bridgehead atoms. The predicted octanol–water partition coefficient (Wildman–Crippen LogP) is 8.37. The van der Waals surface area contributed by atoms with E-state index in [4.69, 9.17) is 9.47 Å². The third kappa shape index (κ3) is 7.36. The summed E-state index contributed by atoms with van der Waals surface area (Å²) in [6, 6.07) is 49.1. The SMILES string of the molecule is C(=C\[C@@H]1CCCN1P(c1ccccc1)c1ccccc1)/c1cc(OCc2ccccc2)cc(OCc2ccccc2)c1. The zero-order chi connectivity index (χ0) is 28.4. The maximum atomic E-state index is 6.25. The highest BCUT2D eigenvalue weighted by Gasteiger charge is 2.31. The molecule has 0 unspecified atom stereocenters. The zero-order valence-corrected chi connectivity index (χ0v) is 24.7. The van der Waals surface area contributed by atoms with Crippen LogP contribution < -0.4 is 20.1 Å². The summed E-state index contributed by atoms with van der Waals surface area (Å²) >= 11 is 0. The van der Waals surface area contributed by atoms with Crippen LogP contribution in [0.25, 0.3) is 6.08 Å². The molecule has 0 radical (unpaired) electrons. The van der Waals surface area contributed by atoms with Crippen LogP contribution in [0.5, 0.6) is 11.5 Å². The molecule has 0 N–H and O–H groups in total. The fourth-order valence-electron chi connectivity index (χ4n) is 5.37. The molecule has 210 valence electrons. The van der Waals surface area contributed by atoms with Gasteiger partial charge in [-0.05, 0) is 52.3 Å². The van der Waals surface area contributed by atoms with Gasteiger partial charge in [-0.3, -0.25) is 4.67 Å². The predicted molar refractivity (Wildman–Crippen MR) is 176 cm³/mol. The van der Waals surface area contributed by atoms with Gasteiger partial charge >= 0.3 is 0 Å². The number of hydrogen-bond donors (Lipinski definition) is 0. The lowest BCUT2D eigenvalue weighted by Crippen LogP contribution is -2.31.